The molecule has 2 nitrogen and oxygen atoms in total. The molecule has 0 fully saturated rings. The zero-order valence-corrected chi connectivity index (χ0v) is 33.4. The monoisotopic (exact) mass is 777 g/mol. The Hall–Kier alpha value is -7.94. The van der Waals surface area contributed by atoms with Crippen molar-refractivity contribution < 1.29 is 4.42 Å². The molecule has 0 atom stereocenters. The second-order valence-electron chi connectivity index (χ2n) is 16.0. The quantitative estimate of drug-likeness (QED) is 0.160. The van der Waals surface area contributed by atoms with Gasteiger partial charge in [0.05, 0.1) is 11.1 Å². The van der Waals surface area contributed by atoms with Gasteiger partial charge in [0.15, 0.2) is 0 Å². The summed E-state index contributed by atoms with van der Waals surface area (Å²) < 4.78 is 7.01. The van der Waals surface area contributed by atoms with Crippen LogP contribution in [-0.4, -0.2) is 0 Å². The zero-order valence-electron chi connectivity index (χ0n) is 33.4. The van der Waals surface area contributed by atoms with E-state index in [-0.39, 0.29) is 0 Å². The SMILES string of the molecule is c1ccc(-c2ccc(N(c3ccc4c(c3)C(c3ccccc3)(c3ccccc3)c3ccccc3-4)c3cc(-c4ccccc4)c4c(c3)oc3c5ccccc5ccc34)cc2)cc1. The normalized spacial score (nSPS) is 12.7. The molecule has 0 spiro atoms. The molecule has 10 aromatic carbocycles. The summed E-state index contributed by atoms with van der Waals surface area (Å²) in [5, 5.41) is 4.51. The predicted molar refractivity (Wildman–Crippen MR) is 254 cm³/mol. The Morgan fingerprint density at radius 2 is 0.918 bits per heavy atom. The van der Waals surface area contributed by atoms with Crippen molar-refractivity contribution in [1.82, 2.24) is 0 Å². The van der Waals surface area contributed by atoms with Gasteiger partial charge in [-0.05, 0) is 97.4 Å². The molecule has 2 heteroatoms. The first-order valence-corrected chi connectivity index (χ1v) is 21.0. The van der Waals surface area contributed by atoms with Crippen molar-refractivity contribution >= 4 is 49.8 Å². The lowest BCUT2D eigenvalue weighted by Gasteiger charge is -2.35. The Kier molecular flexibility index (Phi) is 8.11. The van der Waals surface area contributed by atoms with E-state index in [9.17, 15) is 0 Å². The molecule has 0 saturated heterocycles. The first-order valence-electron chi connectivity index (χ1n) is 21.0. The lowest BCUT2D eigenvalue weighted by atomic mass is 9.67. The third-order valence-electron chi connectivity index (χ3n) is 12.7. The molecule has 11 aromatic rings. The molecule has 0 amide bonds. The van der Waals surface area contributed by atoms with Crippen molar-refractivity contribution in [3.05, 3.63) is 259 Å². The maximum atomic E-state index is 7.01. The van der Waals surface area contributed by atoms with Gasteiger partial charge in [-0.25, -0.2) is 0 Å². The van der Waals surface area contributed by atoms with Gasteiger partial charge in [-0.15, -0.1) is 0 Å². The van der Waals surface area contributed by atoms with Gasteiger partial charge in [0.2, 0.25) is 0 Å². The van der Waals surface area contributed by atoms with Crippen LogP contribution < -0.4 is 4.90 Å². The molecular formula is C59H39NO. The number of benzene rings is 10. The van der Waals surface area contributed by atoms with Gasteiger partial charge in [-0.2, -0.15) is 0 Å². The largest absolute Gasteiger partial charge is 0.455 e. The first kappa shape index (κ1) is 35.0. The molecule has 1 aromatic heterocycles. The fourth-order valence-electron chi connectivity index (χ4n) is 10.0. The van der Waals surface area contributed by atoms with Crippen LogP contribution in [0.2, 0.25) is 0 Å². The van der Waals surface area contributed by atoms with Gasteiger partial charge in [0, 0.05) is 33.6 Å². The zero-order chi connectivity index (χ0) is 40.3. The van der Waals surface area contributed by atoms with E-state index in [2.05, 4.69) is 241 Å². The summed E-state index contributed by atoms with van der Waals surface area (Å²) in [5.74, 6) is 0. The van der Waals surface area contributed by atoms with Gasteiger partial charge in [-0.1, -0.05) is 194 Å². The molecular weight excluding hydrogens is 739 g/mol. The number of hydrogen-bond donors (Lipinski definition) is 0. The standard InChI is InChI=1S/C59H39NO/c1-5-17-40(18-6-1)41-29-32-46(33-30-41)60(48-37-53(42-19-7-2-8-20-42)57-52-35-31-43-21-13-14-26-49(43)58(52)61-56(57)39-48)47-34-36-51-50-27-15-16-28-54(50)59(55(51)38-47,44-22-9-3-10-23-44)45-24-11-4-12-25-45/h1-39H. The molecule has 0 unspecified atom stereocenters. The van der Waals surface area contributed by atoms with Crippen LogP contribution in [-0.2, 0) is 5.41 Å². The van der Waals surface area contributed by atoms with Crippen molar-refractivity contribution in [2.75, 3.05) is 4.90 Å². The van der Waals surface area contributed by atoms with Crippen molar-refractivity contribution in [3.63, 3.8) is 0 Å². The van der Waals surface area contributed by atoms with E-state index in [1.54, 1.807) is 0 Å². The average molecular weight is 778 g/mol. The summed E-state index contributed by atoms with van der Waals surface area (Å²) in [5.41, 5.74) is 16.5. The van der Waals surface area contributed by atoms with E-state index in [0.29, 0.717) is 0 Å². The van der Waals surface area contributed by atoms with E-state index in [0.717, 1.165) is 60.9 Å². The van der Waals surface area contributed by atoms with Crippen molar-refractivity contribution in [3.8, 4) is 33.4 Å². The molecule has 0 saturated carbocycles. The number of rotatable bonds is 7. The molecule has 1 heterocycles. The summed E-state index contributed by atoms with van der Waals surface area (Å²) in [6, 6.07) is 86.0. The number of nitrogens with zero attached hydrogens (tertiary/aromatic N) is 1. The average Bonchev–Trinajstić information content (AvgIpc) is 3.87. The molecule has 12 rings (SSSR count). The Labute approximate surface area is 355 Å². The number of hydrogen-bond acceptors (Lipinski definition) is 2. The maximum absolute atomic E-state index is 7.01. The lowest BCUT2D eigenvalue weighted by molar-refractivity contribution is 0.673. The minimum Gasteiger partial charge on any atom is -0.455 e. The van der Waals surface area contributed by atoms with Gasteiger partial charge in [0.1, 0.15) is 11.2 Å². The summed E-state index contributed by atoms with van der Waals surface area (Å²) in [7, 11) is 0. The first-order chi connectivity index (χ1) is 30.3. The van der Waals surface area contributed by atoms with Crippen LogP contribution in [0, 0.1) is 0 Å². The topological polar surface area (TPSA) is 16.4 Å². The smallest absolute Gasteiger partial charge is 0.143 e. The predicted octanol–water partition coefficient (Wildman–Crippen LogP) is 15.9. The number of furan rings is 1. The van der Waals surface area contributed by atoms with Crippen LogP contribution in [0.4, 0.5) is 17.1 Å². The van der Waals surface area contributed by atoms with Crippen LogP contribution in [0.25, 0.3) is 66.1 Å². The third kappa shape index (κ3) is 5.50. The van der Waals surface area contributed by atoms with Crippen LogP contribution in [0.3, 0.4) is 0 Å². The third-order valence-corrected chi connectivity index (χ3v) is 12.7. The molecule has 0 N–H and O–H groups in total. The molecule has 286 valence electrons. The van der Waals surface area contributed by atoms with Crippen LogP contribution >= 0.6 is 0 Å². The van der Waals surface area contributed by atoms with Crippen molar-refractivity contribution in [2.45, 2.75) is 5.41 Å². The molecule has 0 aliphatic heterocycles. The lowest BCUT2D eigenvalue weighted by Crippen LogP contribution is -2.28. The number of anilines is 3. The van der Waals surface area contributed by atoms with E-state index < -0.39 is 5.41 Å². The van der Waals surface area contributed by atoms with Crippen LogP contribution in [0.5, 0.6) is 0 Å². The second-order valence-corrected chi connectivity index (χ2v) is 16.0. The minimum atomic E-state index is -0.535. The van der Waals surface area contributed by atoms with E-state index in [4.69, 9.17) is 4.42 Å². The fourth-order valence-corrected chi connectivity index (χ4v) is 10.0. The Bertz CT molecular complexity index is 3350. The fraction of sp³-hybridized carbons (Fsp3) is 0.0169. The van der Waals surface area contributed by atoms with Crippen molar-refractivity contribution in [2.24, 2.45) is 0 Å². The highest BCUT2D eigenvalue weighted by atomic mass is 16.3. The van der Waals surface area contributed by atoms with Crippen molar-refractivity contribution in [1.29, 1.82) is 0 Å². The highest BCUT2D eigenvalue weighted by Gasteiger charge is 2.46. The summed E-state index contributed by atoms with van der Waals surface area (Å²) >= 11 is 0. The maximum Gasteiger partial charge on any atom is 0.143 e. The Balaban J connectivity index is 1.15. The highest BCUT2D eigenvalue weighted by molar-refractivity contribution is 6.20. The van der Waals surface area contributed by atoms with Crippen LogP contribution in [0.15, 0.2) is 241 Å². The van der Waals surface area contributed by atoms with E-state index >= 15 is 0 Å². The molecule has 0 radical (unpaired) electrons. The second kappa shape index (κ2) is 14.1. The number of fused-ring (bicyclic) bond motifs is 8. The molecule has 0 bridgehead atoms. The summed E-state index contributed by atoms with van der Waals surface area (Å²) in [6.45, 7) is 0. The van der Waals surface area contributed by atoms with Gasteiger partial charge in [0.25, 0.3) is 0 Å². The van der Waals surface area contributed by atoms with Gasteiger partial charge >= 0.3 is 0 Å². The molecule has 1 aliphatic rings. The van der Waals surface area contributed by atoms with E-state index in [1.165, 1.54) is 44.5 Å². The summed E-state index contributed by atoms with van der Waals surface area (Å²) in [6.07, 6.45) is 0. The Morgan fingerprint density at radius 3 is 1.64 bits per heavy atom. The van der Waals surface area contributed by atoms with Gasteiger partial charge < -0.3 is 9.32 Å². The van der Waals surface area contributed by atoms with E-state index in [1.807, 2.05) is 0 Å². The molecule has 61 heavy (non-hydrogen) atoms. The highest BCUT2D eigenvalue weighted by Crippen LogP contribution is 2.57. The van der Waals surface area contributed by atoms with Gasteiger partial charge in [-0.3, -0.25) is 0 Å². The summed E-state index contributed by atoms with van der Waals surface area (Å²) in [4.78, 5) is 2.41. The molecule has 1 aliphatic carbocycles. The Morgan fingerprint density at radius 1 is 0.344 bits per heavy atom. The van der Waals surface area contributed by atoms with Crippen LogP contribution in [0.1, 0.15) is 22.3 Å². The minimum absolute atomic E-state index is 0.535.